The van der Waals surface area contributed by atoms with Crippen LogP contribution >= 0.6 is 23.6 Å². The number of allylic oxidation sites excluding steroid dienone is 1. The molecular weight excluding hydrogens is 304 g/mol. The third-order valence-corrected chi connectivity index (χ3v) is 4.22. The summed E-state index contributed by atoms with van der Waals surface area (Å²) in [5, 5.41) is 6.70. The topological polar surface area (TPSA) is 50.4 Å². The largest absolute Gasteiger partial charge is 0.456 e. The number of thiocarbonyl (C=S) groups is 1. The molecule has 1 unspecified atom stereocenters. The van der Waals surface area contributed by atoms with E-state index in [4.69, 9.17) is 17.0 Å². The van der Waals surface area contributed by atoms with Crippen LogP contribution < -0.4 is 10.6 Å². The van der Waals surface area contributed by atoms with Gasteiger partial charge >= 0.3 is 5.97 Å². The van der Waals surface area contributed by atoms with E-state index in [9.17, 15) is 4.79 Å². The first-order chi connectivity index (χ1) is 9.67. The number of thiophene rings is 1. The van der Waals surface area contributed by atoms with E-state index in [-0.39, 0.29) is 12.0 Å². The van der Waals surface area contributed by atoms with Crippen LogP contribution in [0.4, 0.5) is 0 Å². The molecule has 0 bridgehead atoms. The summed E-state index contributed by atoms with van der Waals surface area (Å²) in [5.41, 5.74) is 0.794. The molecule has 2 rings (SSSR count). The molecule has 2 heterocycles. The van der Waals surface area contributed by atoms with Crippen LogP contribution in [0.25, 0.3) is 0 Å². The molecule has 1 aromatic rings. The van der Waals surface area contributed by atoms with Crippen molar-refractivity contribution in [2.45, 2.75) is 46.3 Å². The van der Waals surface area contributed by atoms with E-state index in [1.54, 1.807) is 11.3 Å². The summed E-state index contributed by atoms with van der Waals surface area (Å²) in [5.74, 6) is -0.321. The summed E-state index contributed by atoms with van der Waals surface area (Å²) in [6.07, 6.45) is 0. The number of aryl methyl sites for hydroxylation is 1. The number of hydrogen-bond donors (Lipinski definition) is 2. The maximum Gasteiger partial charge on any atom is 0.338 e. The number of carbonyl (C=O) groups excluding carboxylic acids is 1. The first kappa shape index (κ1) is 16.0. The second-order valence-corrected chi connectivity index (χ2v) is 7.75. The van der Waals surface area contributed by atoms with Crippen molar-refractivity contribution in [2.24, 2.45) is 0 Å². The fourth-order valence-electron chi connectivity index (χ4n) is 2.12. The van der Waals surface area contributed by atoms with Crippen LogP contribution in [0, 0.1) is 6.92 Å². The van der Waals surface area contributed by atoms with Crippen LogP contribution in [0.3, 0.4) is 0 Å². The van der Waals surface area contributed by atoms with Gasteiger partial charge in [0.05, 0.1) is 11.6 Å². The number of nitrogens with one attached hydrogen (secondary N) is 2. The van der Waals surface area contributed by atoms with Gasteiger partial charge in [0.15, 0.2) is 5.11 Å². The molecule has 1 aliphatic heterocycles. The Morgan fingerprint density at radius 2 is 2.00 bits per heavy atom. The third-order valence-electron chi connectivity index (χ3n) is 2.93. The van der Waals surface area contributed by atoms with E-state index in [1.165, 1.54) is 4.88 Å². The molecule has 0 radical (unpaired) electrons. The summed E-state index contributed by atoms with van der Waals surface area (Å²) in [6, 6.07) is 3.80. The summed E-state index contributed by atoms with van der Waals surface area (Å²) < 4.78 is 5.53. The van der Waals surface area contributed by atoms with E-state index >= 15 is 0 Å². The maximum absolute atomic E-state index is 12.5. The average Bonchev–Trinajstić information content (AvgIpc) is 2.72. The minimum absolute atomic E-state index is 0.257. The molecule has 0 spiro atoms. The van der Waals surface area contributed by atoms with E-state index < -0.39 is 5.60 Å². The van der Waals surface area contributed by atoms with E-state index in [2.05, 4.69) is 10.6 Å². The SMILES string of the molecule is CC1=C(C(=O)OC(C)(C)C)C(c2ccc(C)s2)NC(=S)N1. The van der Waals surface area contributed by atoms with Gasteiger partial charge in [-0.25, -0.2) is 4.79 Å². The summed E-state index contributed by atoms with van der Waals surface area (Å²) in [7, 11) is 0. The summed E-state index contributed by atoms with van der Waals surface area (Å²) in [6.45, 7) is 9.47. The van der Waals surface area contributed by atoms with Crippen LogP contribution in [0.15, 0.2) is 23.4 Å². The van der Waals surface area contributed by atoms with Crippen molar-refractivity contribution < 1.29 is 9.53 Å². The van der Waals surface area contributed by atoms with Gasteiger partial charge in [0.25, 0.3) is 0 Å². The molecule has 21 heavy (non-hydrogen) atoms. The second kappa shape index (κ2) is 5.77. The highest BCUT2D eigenvalue weighted by Crippen LogP contribution is 2.32. The third kappa shape index (κ3) is 3.83. The smallest absolute Gasteiger partial charge is 0.338 e. The van der Waals surface area contributed by atoms with Gasteiger partial charge in [-0.2, -0.15) is 0 Å². The molecule has 4 nitrogen and oxygen atoms in total. The molecule has 6 heteroatoms. The average molecular weight is 324 g/mol. The number of esters is 1. The molecule has 1 atom stereocenters. The number of hydrogen-bond acceptors (Lipinski definition) is 4. The lowest BCUT2D eigenvalue weighted by Gasteiger charge is -2.30. The van der Waals surface area contributed by atoms with Crippen molar-refractivity contribution >= 4 is 34.6 Å². The quantitative estimate of drug-likeness (QED) is 0.646. The highest BCUT2D eigenvalue weighted by molar-refractivity contribution is 7.80. The lowest BCUT2D eigenvalue weighted by atomic mass is 10.0. The van der Waals surface area contributed by atoms with Gasteiger partial charge < -0.3 is 15.4 Å². The second-order valence-electron chi connectivity index (χ2n) is 6.02. The standard InChI is InChI=1S/C15H20N2O2S2/c1-8-6-7-10(21-8)12-11(9(2)16-14(20)17-12)13(18)19-15(3,4)5/h6-7,12H,1-5H3,(H2,16,17,20). The Kier molecular flexibility index (Phi) is 4.39. The van der Waals surface area contributed by atoms with E-state index in [0.717, 1.165) is 10.6 Å². The lowest BCUT2D eigenvalue weighted by molar-refractivity contribution is -0.150. The Hall–Kier alpha value is -1.40. The van der Waals surface area contributed by atoms with Crippen LogP contribution in [-0.2, 0) is 9.53 Å². The highest BCUT2D eigenvalue weighted by atomic mass is 32.1. The molecular formula is C15H20N2O2S2. The minimum Gasteiger partial charge on any atom is -0.456 e. The summed E-state index contributed by atoms with van der Waals surface area (Å²) >= 11 is 6.86. The minimum atomic E-state index is -0.530. The summed E-state index contributed by atoms with van der Waals surface area (Å²) in [4.78, 5) is 14.8. The van der Waals surface area contributed by atoms with Crippen LogP contribution in [0.1, 0.15) is 43.5 Å². The Morgan fingerprint density at radius 3 is 2.52 bits per heavy atom. The molecule has 0 saturated carbocycles. The molecule has 1 aromatic heterocycles. The molecule has 0 aromatic carbocycles. The molecule has 0 amide bonds. The molecule has 114 valence electrons. The van der Waals surface area contributed by atoms with Crippen molar-refractivity contribution in [1.29, 1.82) is 0 Å². The van der Waals surface area contributed by atoms with Crippen LogP contribution in [0.2, 0.25) is 0 Å². The van der Waals surface area contributed by atoms with Crippen molar-refractivity contribution in [3.63, 3.8) is 0 Å². The van der Waals surface area contributed by atoms with E-state index in [0.29, 0.717) is 10.7 Å². The van der Waals surface area contributed by atoms with Crippen LogP contribution in [-0.4, -0.2) is 16.7 Å². The predicted octanol–water partition coefficient (Wildman–Crippen LogP) is 3.19. The first-order valence-corrected chi connectivity index (χ1v) is 7.98. The zero-order valence-corrected chi connectivity index (χ0v) is 14.5. The predicted molar refractivity (Wildman–Crippen MR) is 89.2 cm³/mol. The fraction of sp³-hybridized carbons (Fsp3) is 0.467. The highest BCUT2D eigenvalue weighted by Gasteiger charge is 2.33. The van der Waals surface area contributed by atoms with Crippen molar-refractivity contribution in [3.8, 4) is 0 Å². The van der Waals surface area contributed by atoms with Crippen molar-refractivity contribution in [3.05, 3.63) is 33.2 Å². The van der Waals surface area contributed by atoms with Crippen LogP contribution in [0.5, 0.6) is 0 Å². The number of ether oxygens (including phenoxy) is 1. The van der Waals surface area contributed by atoms with Gasteiger partial charge in [0.2, 0.25) is 0 Å². The van der Waals surface area contributed by atoms with Gasteiger partial charge in [-0.05, 0) is 59.0 Å². The first-order valence-electron chi connectivity index (χ1n) is 6.75. The van der Waals surface area contributed by atoms with Gasteiger partial charge in [0.1, 0.15) is 5.60 Å². The Bertz CT molecular complexity index is 611. The molecule has 0 saturated heterocycles. The van der Waals surface area contributed by atoms with E-state index in [1.807, 2.05) is 46.8 Å². The molecule has 0 aliphatic carbocycles. The van der Waals surface area contributed by atoms with Gasteiger partial charge in [-0.1, -0.05) is 0 Å². The van der Waals surface area contributed by atoms with Crippen molar-refractivity contribution in [1.82, 2.24) is 10.6 Å². The van der Waals surface area contributed by atoms with Gasteiger partial charge in [0, 0.05) is 15.5 Å². The van der Waals surface area contributed by atoms with Gasteiger partial charge in [-0.3, -0.25) is 0 Å². The Morgan fingerprint density at radius 1 is 1.33 bits per heavy atom. The zero-order valence-electron chi connectivity index (χ0n) is 12.9. The molecule has 1 aliphatic rings. The monoisotopic (exact) mass is 324 g/mol. The molecule has 0 fully saturated rings. The lowest BCUT2D eigenvalue weighted by Crippen LogP contribution is -2.45. The molecule has 2 N–H and O–H groups in total. The normalized spacial score (nSPS) is 19.1. The Labute approximate surface area is 134 Å². The van der Waals surface area contributed by atoms with Crippen molar-refractivity contribution in [2.75, 3.05) is 0 Å². The maximum atomic E-state index is 12.5. The van der Waals surface area contributed by atoms with Gasteiger partial charge in [-0.15, -0.1) is 11.3 Å². The zero-order chi connectivity index (χ0) is 15.8. The fourth-order valence-corrected chi connectivity index (χ4v) is 3.33. The number of carbonyl (C=O) groups is 1. The number of rotatable bonds is 2. The Balaban J connectivity index is 2.39.